The van der Waals surface area contributed by atoms with E-state index in [9.17, 15) is 0 Å². The average Bonchev–Trinajstić information content (AvgIpc) is 3.78. The molecule has 0 saturated heterocycles. The normalized spacial score (nSPS) is 16.1. The van der Waals surface area contributed by atoms with Crippen LogP contribution in [-0.4, -0.2) is 0 Å². The molecule has 0 aliphatic heterocycles. The van der Waals surface area contributed by atoms with E-state index in [2.05, 4.69) is 219 Å². The van der Waals surface area contributed by atoms with Gasteiger partial charge >= 0.3 is 0 Å². The summed E-state index contributed by atoms with van der Waals surface area (Å²) in [6.45, 7) is 4.32. The van der Waals surface area contributed by atoms with Gasteiger partial charge in [-0.1, -0.05) is 201 Å². The minimum Gasteiger partial charge on any atom is -0.135 e. The number of benzene rings is 8. The van der Waals surface area contributed by atoms with Crippen molar-refractivity contribution in [2.24, 2.45) is 0 Å². The molecule has 2 aliphatic rings. The fraction of sp³-hybridized carbons (Fsp3) is 0.0357. The monoisotopic (exact) mass is 742 g/mol. The fourth-order valence-electron chi connectivity index (χ4n) is 10.2. The Labute approximate surface area is 338 Å². The van der Waals surface area contributed by atoms with E-state index in [1.165, 1.54) is 87.0 Å². The second kappa shape index (κ2) is 13.2. The molecule has 9 aromatic rings. The third kappa shape index (κ3) is 4.79. The van der Waals surface area contributed by atoms with Gasteiger partial charge in [0.25, 0.3) is 0 Å². The number of hydrogen-bond acceptors (Lipinski definition) is 1. The highest BCUT2D eigenvalue weighted by Gasteiger charge is 2.57. The number of hydrogen-bond donors (Lipinski definition) is 0. The van der Waals surface area contributed by atoms with Gasteiger partial charge in [-0.05, 0) is 96.6 Å². The SMILES string of the molecule is C=C/C=C1\C(=C/c2ccc(-c3ccc4sc5ccccc5c4c3)cc2)c2ccccc2C12c1ccccc1C(c1ccccc1)(c1ccccc1)c1ccccc12. The van der Waals surface area contributed by atoms with Crippen molar-refractivity contribution in [1.29, 1.82) is 0 Å². The molecule has 1 aromatic heterocycles. The molecule has 8 aromatic carbocycles. The van der Waals surface area contributed by atoms with Gasteiger partial charge in [0.1, 0.15) is 0 Å². The number of allylic oxidation sites excluding steroid dienone is 4. The molecule has 0 N–H and O–H groups in total. The Balaban J connectivity index is 1.12. The molecule has 0 radical (unpaired) electrons. The molecule has 0 unspecified atom stereocenters. The van der Waals surface area contributed by atoms with Gasteiger partial charge in [0, 0.05) is 20.2 Å². The van der Waals surface area contributed by atoms with Gasteiger partial charge in [0.2, 0.25) is 0 Å². The van der Waals surface area contributed by atoms with Gasteiger partial charge in [-0.25, -0.2) is 0 Å². The van der Waals surface area contributed by atoms with Crippen molar-refractivity contribution >= 4 is 43.2 Å². The standard InChI is InChI=1S/C56H38S/c1-2-17-47-45(36-38-30-32-39(33-31-38)40-34-35-54-46(37-40)44-23-10-16-29-53(44)57-54)43-22-9-11-24-48(43)56(47)51-27-14-12-25-49(51)55(41-18-5-3-6-19-41,42-20-7-4-8-21-42)50-26-13-15-28-52(50)56/h2-37H,1H2/b45-36-,47-17+. The van der Waals surface area contributed by atoms with Crippen LogP contribution in [0.15, 0.2) is 224 Å². The number of fused-ring (bicyclic) bond motifs is 9. The van der Waals surface area contributed by atoms with E-state index in [4.69, 9.17) is 0 Å². The molecular weight excluding hydrogens is 705 g/mol. The van der Waals surface area contributed by atoms with Gasteiger partial charge in [-0.15, -0.1) is 11.3 Å². The first-order valence-electron chi connectivity index (χ1n) is 19.7. The van der Waals surface area contributed by atoms with E-state index >= 15 is 0 Å². The van der Waals surface area contributed by atoms with Crippen LogP contribution in [0, 0.1) is 0 Å². The van der Waals surface area contributed by atoms with Crippen LogP contribution in [-0.2, 0) is 10.8 Å². The fourth-order valence-corrected chi connectivity index (χ4v) is 11.3. The molecule has 0 fully saturated rings. The summed E-state index contributed by atoms with van der Waals surface area (Å²) < 4.78 is 2.66. The van der Waals surface area contributed by atoms with E-state index in [0.29, 0.717) is 0 Å². The molecule has 0 bridgehead atoms. The first-order chi connectivity index (χ1) is 28.2. The molecule has 0 amide bonds. The van der Waals surface area contributed by atoms with Crippen LogP contribution in [0.2, 0.25) is 0 Å². The molecule has 1 spiro atoms. The van der Waals surface area contributed by atoms with Crippen LogP contribution in [0.1, 0.15) is 50.1 Å². The van der Waals surface area contributed by atoms with Gasteiger partial charge in [-0.2, -0.15) is 0 Å². The van der Waals surface area contributed by atoms with E-state index in [0.717, 1.165) is 5.56 Å². The highest BCUT2D eigenvalue weighted by atomic mass is 32.1. The molecule has 1 heterocycles. The second-order valence-electron chi connectivity index (χ2n) is 15.2. The van der Waals surface area contributed by atoms with Gasteiger partial charge in [0.15, 0.2) is 0 Å². The lowest BCUT2D eigenvalue weighted by Crippen LogP contribution is -2.44. The smallest absolute Gasteiger partial charge is 0.0720 e. The summed E-state index contributed by atoms with van der Waals surface area (Å²) in [6.07, 6.45) is 6.64. The van der Waals surface area contributed by atoms with Crippen molar-refractivity contribution in [2.45, 2.75) is 10.8 Å². The highest BCUT2D eigenvalue weighted by Crippen LogP contribution is 2.65. The van der Waals surface area contributed by atoms with E-state index in [1.807, 2.05) is 17.4 Å². The van der Waals surface area contributed by atoms with Gasteiger partial charge < -0.3 is 0 Å². The van der Waals surface area contributed by atoms with Crippen LogP contribution in [0.3, 0.4) is 0 Å². The molecule has 1 heteroatoms. The van der Waals surface area contributed by atoms with Crippen molar-refractivity contribution in [3.05, 3.63) is 275 Å². The Morgan fingerprint density at radius 2 is 0.930 bits per heavy atom. The average molecular weight is 743 g/mol. The van der Waals surface area contributed by atoms with Gasteiger partial charge in [-0.3, -0.25) is 0 Å². The number of rotatable bonds is 5. The Kier molecular flexibility index (Phi) is 7.74. The summed E-state index contributed by atoms with van der Waals surface area (Å²) in [7, 11) is 0. The molecule has 11 rings (SSSR count). The largest absolute Gasteiger partial charge is 0.135 e. The van der Waals surface area contributed by atoms with Crippen molar-refractivity contribution in [3.8, 4) is 11.1 Å². The molecule has 0 atom stereocenters. The van der Waals surface area contributed by atoms with Crippen LogP contribution in [0.4, 0.5) is 0 Å². The molecule has 0 nitrogen and oxygen atoms in total. The Morgan fingerprint density at radius 3 is 1.56 bits per heavy atom. The second-order valence-corrected chi connectivity index (χ2v) is 16.3. The first-order valence-corrected chi connectivity index (χ1v) is 20.5. The Morgan fingerprint density at radius 1 is 0.421 bits per heavy atom. The molecule has 268 valence electrons. The minimum atomic E-state index is -0.574. The van der Waals surface area contributed by atoms with Gasteiger partial charge in [0.05, 0.1) is 10.8 Å². The summed E-state index contributed by atoms with van der Waals surface area (Å²) in [5, 5.41) is 2.65. The molecule has 2 aliphatic carbocycles. The van der Waals surface area contributed by atoms with Crippen LogP contribution < -0.4 is 0 Å². The maximum absolute atomic E-state index is 4.32. The zero-order chi connectivity index (χ0) is 38.0. The lowest BCUT2D eigenvalue weighted by molar-refractivity contribution is 0.624. The van der Waals surface area contributed by atoms with Crippen molar-refractivity contribution in [2.75, 3.05) is 0 Å². The molecular formula is C56H38S. The minimum absolute atomic E-state index is 0.532. The van der Waals surface area contributed by atoms with Crippen molar-refractivity contribution < 1.29 is 0 Å². The predicted octanol–water partition coefficient (Wildman–Crippen LogP) is 14.4. The lowest BCUT2D eigenvalue weighted by atomic mass is 9.51. The maximum Gasteiger partial charge on any atom is 0.0720 e. The van der Waals surface area contributed by atoms with E-state index in [1.54, 1.807) is 0 Å². The third-order valence-corrected chi connectivity index (χ3v) is 13.6. The first kappa shape index (κ1) is 33.5. The zero-order valence-electron chi connectivity index (χ0n) is 31.4. The Hall–Kier alpha value is -6.80. The quantitative estimate of drug-likeness (QED) is 0.165. The molecule has 0 saturated carbocycles. The highest BCUT2D eigenvalue weighted by molar-refractivity contribution is 7.25. The summed E-state index contributed by atoms with van der Waals surface area (Å²) in [4.78, 5) is 0. The van der Waals surface area contributed by atoms with Crippen molar-refractivity contribution in [3.63, 3.8) is 0 Å². The maximum atomic E-state index is 4.32. The van der Waals surface area contributed by atoms with Crippen LogP contribution in [0.5, 0.6) is 0 Å². The summed E-state index contributed by atoms with van der Waals surface area (Å²) in [6, 6.07) is 74.3. The summed E-state index contributed by atoms with van der Waals surface area (Å²) in [5.41, 5.74) is 15.2. The zero-order valence-corrected chi connectivity index (χ0v) is 32.2. The van der Waals surface area contributed by atoms with Crippen LogP contribution >= 0.6 is 11.3 Å². The third-order valence-electron chi connectivity index (χ3n) is 12.4. The lowest BCUT2D eigenvalue weighted by Gasteiger charge is -2.50. The topological polar surface area (TPSA) is 0 Å². The summed E-state index contributed by atoms with van der Waals surface area (Å²) in [5.74, 6) is 0. The van der Waals surface area contributed by atoms with E-state index in [-0.39, 0.29) is 0 Å². The predicted molar refractivity (Wildman–Crippen MR) is 242 cm³/mol. The number of thiophene rings is 1. The Bertz CT molecular complexity index is 2980. The summed E-state index contributed by atoms with van der Waals surface area (Å²) >= 11 is 1.86. The van der Waals surface area contributed by atoms with Crippen molar-refractivity contribution in [1.82, 2.24) is 0 Å². The van der Waals surface area contributed by atoms with E-state index < -0.39 is 10.8 Å². The molecule has 57 heavy (non-hydrogen) atoms. The van der Waals surface area contributed by atoms with Crippen LogP contribution in [0.25, 0.3) is 42.9 Å².